The van der Waals surface area contributed by atoms with Gasteiger partial charge < -0.3 is 9.52 Å². The molecule has 5 nitrogen and oxygen atoms in total. The number of nitrogens with zero attached hydrogens (tertiary/aromatic N) is 1. The van der Waals surface area contributed by atoms with Crippen molar-refractivity contribution in [1.29, 1.82) is 0 Å². The van der Waals surface area contributed by atoms with Gasteiger partial charge in [-0.05, 0) is 32.9 Å². The number of rotatable bonds is 5. The van der Waals surface area contributed by atoms with Gasteiger partial charge in [0, 0.05) is 12.1 Å². The first-order valence-corrected chi connectivity index (χ1v) is 8.15. The number of para-hydroxylation sites is 1. The van der Waals surface area contributed by atoms with Crippen molar-refractivity contribution in [3.63, 3.8) is 0 Å². The summed E-state index contributed by atoms with van der Waals surface area (Å²) in [6, 6.07) is 8.88. The fourth-order valence-electron chi connectivity index (χ4n) is 2.43. The molecule has 0 aliphatic heterocycles. The second-order valence-electron chi connectivity index (χ2n) is 4.69. The molecule has 0 atom stereocenters. The van der Waals surface area contributed by atoms with Crippen molar-refractivity contribution in [2.45, 2.75) is 32.3 Å². The molecule has 1 aromatic carbocycles. The Hall–Kier alpha value is -1.79. The third-order valence-corrected chi connectivity index (χ3v) is 5.46. The number of aryl methyl sites for hydroxylation is 2. The van der Waals surface area contributed by atoms with Gasteiger partial charge in [-0.1, -0.05) is 18.2 Å². The quantitative estimate of drug-likeness (QED) is 0.921. The largest absolute Gasteiger partial charge is 0.465 e. The highest BCUT2D eigenvalue weighted by Gasteiger charge is 2.31. The zero-order valence-corrected chi connectivity index (χ0v) is 13.1. The number of aliphatic hydroxyl groups is 1. The van der Waals surface area contributed by atoms with Crippen LogP contribution in [0.4, 0.5) is 5.69 Å². The molecule has 1 heterocycles. The second-order valence-corrected chi connectivity index (χ2v) is 6.48. The molecule has 21 heavy (non-hydrogen) atoms. The van der Waals surface area contributed by atoms with Gasteiger partial charge in [-0.2, -0.15) is 0 Å². The maximum atomic E-state index is 12.9. The average Bonchev–Trinajstić information content (AvgIpc) is 2.75. The van der Waals surface area contributed by atoms with Crippen molar-refractivity contribution in [2.24, 2.45) is 0 Å². The molecule has 1 aromatic heterocycles. The van der Waals surface area contributed by atoms with E-state index in [1.54, 1.807) is 45.0 Å². The van der Waals surface area contributed by atoms with Crippen molar-refractivity contribution in [3.05, 3.63) is 47.4 Å². The molecule has 114 valence electrons. The Morgan fingerprint density at radius 3 is 2.29 bits per heavy atom. The predicted octanol–water partition coefficient (Wildman–Crippen LogP) is 2.60. The van der Waals surface area contributed by atoms with E-state index in [9.17, 15) is 13.5 Å². The summed E-state index contributed by atoms with van der Waals surface area (Å²) in [7, 11) is -3.78. The van der Waals surface area contributed by atoms with Crippen LogP contribution >= 0.6 is 0 Å². The first-order chi connectivity index (χ1) is 9.93. The molecule has 0 saturated carbocycles. The molecule has 0 aliphatic carbocycles. The minimum absolute atomic E-state index is 0.0632. The van der Waals surface area contributed by atoms with Crippen molar-refractivity contribution < 1.29 is 17.9 Å². The fourth-order valence-corrected chi connectivity index (χ4v) is 4.31. The van der Waals surface area contributed by atoms with Crippen molar-refractivity contribution in [3.8, 4) is 0 Å². The van der Waals surface area contributed by atoms with Gasteiger partial charge >= 0.3 is 0 Å². The standard InChI is InChI=1S/C15H19NO4S/c1-4-16(13-8-6-5-7-9-13)21(18,19)15-12(3)20-11(2)14(15)10-17/h5-9,17H,4,10H2,1-3H3. The summed E-state index contributed by atoms with van der Waals surface area (Å²) < 4.78 is 32.6. The van der Waals surface area contributed by atoms with Crippen LogP contribution in [-0.4, -0.2) is 20.1 Å². The monoisotopic (exact) mass is 309 g/mol. The van der Waals surface area contributed by atoms with Gasteiger partial charge in [0.05, 0.1) is 12.3 Å². The van der Waals surface area contributed by atoms with Crippen LogP contribution < -0.4 is 4.31 Å². The summed E-state index contributed by atoms with van der Waals surface area (Å²) in [5.74, 6) is 0.726. The zero-order valence-electron chi connectivity index (χ0n) is 12.3. The molecular formula is C15H19NO4S. The number of anilines is 1. The van der Waals surface area contributed by atoms with Gasteiger partial charge in [-0.3, -0.25) is 4.31 Å². The Bertz CT molecular complexity index is 720. The van der Waals surface area contributed by atoms with Crippen LogP contribution in [-0.2, 0) is 16.6 Å². The van der Waals surface area contributed by atoms with Gasteiger partial charge in [0.1, 0.15) is 16.4 Å². The molecule has 1 N–H and O–H groups in total. The van der Waals surface area contributed by atoms with Gasteiger partial charge in [0.15, 0.2) is 0 Å². The molecule has 0 fully saturated rings. The zero-order chi connectivity index (χ0) is 15.6. The smallest absolute Gasteiger partial charge is 0.268 e. The van der Waals surface area contributed by atoms with Gasteiger partial charge in [0.2, 0.25) is 0 Å². The van der Waals surface area contributed by atoms with Gasteiger partial charge in [-0.15, -0.1) is 0 Å². The Balaban J connectivity index is 2.61. The van der Waals surface area contributed by atoms with Crippen LogP contribution in [0.2, 0.25) is 0 Å². The normalized spacial score (nSPS) is 11.6. The van der Waals surface area contributed by atoms with E-state index < -0.39 is 10.0 Å². The highest BCUT2D eigenvalue weighted by Crippen LogP contribution is 2.31. The topological polar surface area (TPSA) is 70.8 Å². The van der Waals surface area contributed by atoms with Gasteiger partial charge in [0.25, 0.3) is 10.0 Å². The van der Waals surface area contributed by atoms with Crippen LogP contribution in [0.3, 0.4) is 0 Å². The number of hydrogen-bond donors (Lipinski definition) is 1. The highest BCUT2D eigenvalue weighted by molar-refractivity contribution is 7.93. The first kappa shape index (κ1) is 15.6. The number of furan rings is 1. The average molecular weight is 309 g/mol. The number of aliphatic hydroxyl groups excluding tert-OH is 1. The summed E-state index contributed by atoms with van der Waals surface area (Å²) in [6.45, 7) is 4.94. The maximum Gasteiger partial charge on any atom is 0.268 e. The molecule has 0 radical (unpaired) electrons. The minimum atomic E-state index is -3.78. The summed E-state index contributed by atoms with van der Waals surface area (Å²) >= 11 is 0. The summed E-state index contributed by atoms with van der Waals surface area (Å²) in [4.78, 5) is 0.0632. The van der Waals surface area contributed by atoms with E-state index in [1.165, 1.54) is 4.31 Å². The van der Waals surface area contributed by atoms with Crippen molar-refractivity contribution in [2.75, 3.05) is 10.8 Å². The third-order valence-electron chi connectivity index (χ3n) is 3.36. The lowest BCUT2D eigenvalue weighted by atomic mass is 10.2. The lowest BCUT2D eigenvalue weighted by Crippen LogP contribution is -2.31. The van der Waals surface area contributed by atoms with E-state index in [4.69, 9.17) is 4.42 Å². The van der Waals surface area contributed by atoms with Crippen LogP contribution in [0.5, 0.6) is 0 Å². The van der Waals surface area contributed by atoms with E-state index >= 15 is 0 Å². The lowest BCUT2D eigenvalue weighted by molar-refractivity contribution is 0.276. The van der Waals surface area contributed by atoms with Crippen LogP contribution in [0.1, 0.15) is 24.0 Å². The predicted molar refractivity (Wildman–Crippen MR) is 80.8 cm³/mol. The summed E-state index contributed by atoms with van der Waals surface area (Å²) in [5.41, 5.74) is 0.907. The number of benzene rings is 1. The molecule has 2 aromatic rings. The molecule has 0 unspecified atom stereocenters. The molecule has 2 rings (SSSR count). The van der Waals surface area contributed by atoms with Gasteiger partial charge in [-0.25, -0.2) is 8.42 Å². The molecule has 0 amide bonds. The van der Waals surface area contributed by atoms with E-state index in [0.717, 1.165) is 0 Å². The van der Waals surface area contributed by atoms with Crippen molar-refractivity contribution >= 4 is 15.7 Å². The summed E-state index contributed by atoms with van der Waals surface area (Å²) in [6.07, 6.45) is 0. The minimum Gasteiger partial charge on any atom is -0.465 e. The van der Waals surface area contributed by atoms with Crippen molar-refractivity contribution in [1.82, 2.24) is 0 Å². The molecule has 0 bridgehead atoms. The molecule has 0 saturated heterocycles. The lowest BCUT2D eigenvalue weighted by Gasteiger charge is -2.23. The highest BCUT2D eigenvalue weighted by atomic mass is 32.2. The van der Waals surface area contributed by atoms with Crippen LogP contribution in [0.15, 0.2) is 39.6 Å². The van der Waals surface area contributed by atoms with Crippen LogP contribution in [0.25, 0.3) is 0 Å². The van der Waals surface area contributed by atoms with Crippen LogP contribution in [0, 0.1) is 13.8 Å². The third kappa shape index (κ3) is 2.69. The number of sulfonamides is 1. The van der Waals surface area contributed by atoms with E-state index in [0.29, 0.717) is 29.3 Å². The molecule has 6 heteroatoms. The Kier molecular flexibility index (Phi) is 4.39. The van der Waals surface area contributed by atoms with E-state index in [2.05, 4.69) is 0 Å². The maximum absolute atomic E-state index is 12.9. The molecule has 0 aliphatic rings. The SMILES string of the molecule is CCN(c1ccccc1)S(=O)(=O)c1c(C)oc(C)c1CO. The molecular weight excluding hydrogens is 290 g/mol. The number of hydrogen-bond acceptors (Lipinski definition) is 4. The molecule has 0 spiro atoms. The fraction of sp³-hybridized carbons (Fsp3) is 0.333. The summed E-state index contributed by atoms with van der Waals surface area (Å²) in [5, 5.41) is 9.46. The Labute approximate surface area is 124 Å². The Morgan fingerprint density at radius 1 is 1.14 bits per heavy atom. The van der Waals surface area contributed by atoms with E-state index in [1.807, 2.05) is 6.07 Å². The second kappa shape index (κ2) is 5.91. The first-order valence-electron chi connectivity index (χ1n) is 6.71. The Morgan fingerprint density at radius 2 is 1.76 bits per heavy atom. The van der Waals surface area contributed by atoms with E-state index in [-0.39, 0.29) is 11.5 Å².